The fourth-order valence-corrected chi connectivity index (χ4v) is 2.21. The van der Waals surface area contributed by atoms with Crippen LogP contribution in [0.25, 0.3) is 6.08 Å². The maximum atomic E-state index is 12.2. The second kappa shape index (κ2) is 6.33. The summed E-state index contributed by atoms with van der Waals surface area (Å²) in [6.07, 6.45) is 2.94. The van der Waals surface area contributed by atoms with Crippen LogP contribution in [0.5, 0.6) is 5.75 Å². The Kier molecular flexibility index (Phi) is 4.07. The van der Waals surface area contributed by atoms with Crippen molar-refractivity contribution >= 4 is 29.1 Å². The van der Waals surface area contributed by atoms with Gasteiger partial charge in [-0.05, 0) is 42.0 Å². The van der Waals surface area contributed by atoms with Crippen LogP contribution in [-0.4, -0.2) is 23.2 Å². The van der Waals surface area contributed by atoms with Crippen molar-refractivity contribution in [1.82, 2.24) is 0 Å². The topological polar surface area (TPSA) is 98.5 Å². The van der Waals surface area contributed by atoms with Crippen LogP contribution in [0, 0.1) is 10.1 Å². The highest BCUT2D eigenvalue weighted by molar-refractivity contribution is 6.08. The highest BCUT2D eigenvalue weighted by atomic mass is 16.6. The fourth-order valence-electron chi connectivity index (χ4n) is 2.21. The van der Waals surface area contributed by atoms with E-state index >= 15 is 0 Å². The standard InChI is InChI=1S/C17H12N2O5/c20-15(7-3-11-1-5-13(6-2-11)19(22)23)12-4-8-16-14(9-12)18-17(21)10-24-16/h1-9H,10H2,(H,18,21)/b7-3+. The highest BCUT2D eigenvalue weighted by Gasteiger charge is 2.17. The Morgan fingerprint density at radius 3 is 2.67 bits per heavy atom. The monoisotopic (exact) mass is 324 g/mol. The molecule has 120 valence electrons. The molecule has 0 atom stereocenters. The molecule has 0 aliphatic carbocycles. The van der Waals surface area contributed by atoms with Crippen molar-refractivity contribution < 1.29 is 19.2 Å². The lowest BCUT2D eigenvalue weighted by atomic mass is 10.1. The number of allylic oxidation sites excluding steroid dienone is 1. The van der Waals surface area contributed by atoms with Crippen molar-refractivity contribution in [2.45, 2.75) is 0 Å². The predicted octanol–water partition coefficient (Wildman–Crippen LogP) is 2.82. The molecule has 24 heavy (non-hydrogen) atoms. The molecule has 0 saturated carbocycles. The van der Waals surface area contributed by atoms with Gasteiger partial charge in [0, 0.05) is 17.7 Å². The number of rotatable bonds is 4. The molecule has 0 spiro atoms. The second-order valence-electron chi connectivity index (χ2n) is 5.09. The summed E-state index contributed by atoms with van der Waals surface area (Å²) in [5, 5.41) is 13.2. The van der Waals surface area contributed by atoms with Crippen LogP contribution < -0.4 is 10.1 Å². The SMILES string of the molecule is O=C1COc2ccc(C(=O)/C=C/c3ccc([N+](=O)[O-])cc3)cc2N1. The van der Waals surface area contributed by atoms with Crippen LogP contribution in [-0.2, 0) is 4.79 Å². The Morgan fingerprint density at radius 1 is 1.21 bits per heavy atom. The maximum absolute atomic E-state index is 12.2. The van der Waals surface area contributed by atoms with E-state index in [2.05, 4.69) is 5.32 Å². The molecule has 1 aliphatic heterocycles. The fraction of sp³-hybridized carbons (Fsp3) is 0.0588. The zero-order valence-corrected chi connectivity index (χ0v) is 12.4. The van der Waals surface area contributed by atoms with E-state index in [0.29, 0.717) is 22.6 Å². The molecular weight excluding hydrogens is 312 g/mol. The van der Waals surface area contributed by atoms with E-state index in [4.69, 9.17) is 4.74 Å². The van der Waals surface area contributed by atoms with Crippen molar-refractivity contribution in [2.24, 2.45) is 0 Å². The summed E-state index contributed by atoms with van der Waals surface area (Å²) in [5.74, 6) is -0.00463. The van der Waals surface area contributed by atoms with Crippen LogP contribution in [0.3, 0.4) is 0 Å². The first-order chi connectivity index (χ1) is 11.5. The minimum atomic E-state index is -0.484. The minimum absolute atomic E-state index is 0.0103. The molecule has 7 heteroatoms. The minimum Gasteiger partial charge on any atom is -0.482 e. The van der Waals surface area contributed by atoms with Gasteiger partial charge in [-0.3, -0.25) is 19.7 Å². The maximum Gasteiger partial charge on any atom is 0.269 e. The number of carbonyl (C=O) groups excluding carboxylic acids is 2. The number of nitrogens with zero attached hydrogens (tertiary/aromatic N) is 1. The number of amides is 1. The van der Waals surface area contributed by atoms with Gasteiger partial charge in [0.15, 0.2) is 12.4 Å². The number of hydrogen-bond donors (Lipinski definition) is 1. The van der Waals surface area contributed by atoms with Crippen molar-refractivity contribution in [3.05, 3.63) is 69.8 Å². The molecule has 0 unspecified atom stereocenters. The molecule has 0 radical (unpaired) electrons. The Hall–Kier alpha value is -3.48. The van der Waals surface area contributed by atoms with Gasteiger partial charge in [-0.25, -0.2) is 0 Å². The van der Waals surface area contributed by atoms with Crippen molar-refractivity contribution in [2.75, 3.05) is 11.9 Å². The summed E-state index contributed by atoms with van der Waals surface area (Å²) in [6, 6.07) is 10.6. The third-order valence-electron chi connectivity index (χ3n) is 3.43. The van der Waals surface area contributed by atoms with E-state index in [-0.39, 0.29) is 24.0 Å². The summed E-state index contributed by atoms with van der Waals surface area (Å²) in [5.41, 5.74) is 1.52. The van der Waals surface area contributed by atoms with Gasteiger partial charge in [0.2, 0.25) is 0 Å². The van der Waals surface area contributed by atoms with Crippen LogP contribution in [0.4, 0.5) is 11.4 Å². The molecule has 7 nitrogen and oxygen atoms in total. The number of nitro benzene ring substituents is 1. The van der Waals surface area contributed by atoms with E-state index in [1.54, 1.807) is 36.4 Å². The van der Waals surface area contributed by atoms with Gasteiger partial charge in [0.05, 0.1) is 10.6 Å². The summed E-state index contributed by atoms with van der Waals surface area (Å²) < 4.78 is 5.23. The van der Waals surface area contributed by atoms with Crippen LogP contribution in [0.2, 0.25) is 0 Å². The third-order valence-corrected chi connectivity index (χ3v) is 3.43. The molecule has 0 bridgehead atoms. The van der Waals surface area contributed by atoms with Crippen molar-refractivity contribution in [1.29, 1.82) is 0 Å². The number of fused-ring (bicyclic) bond motifs is 1. The van der Waals surface area contributed by atoms with Gasteiger partial charge in [-0.1, -0.05) is 6.08 Å². The lowest BCUT2D eigenvalue weighted by Gasteiger charge is -2.17. The van der Waals surface area contributed by atoms with Crippen molar-refractivity contribution in [3.63, 3.8) is 0 Å². The van der Waals surface area contributed by atoms with Crippen LogP contribution in [0.1, 0.15) is 15.9 Å². The first-order valence-corrected chi connectivity index (χ1v) is 7.06. The molecule has 2 aromatic rings. The average Bonchev–Trinajstić information content (AvgIpc) is 2.59. The number of nitro groups is 1. The number of anilines is 1. The second-order valence-corrected chi connectivity index (χ2v) is 5.09. The molecule has 1 N–H and O–H groups in total. The van der Waals surface area contributed by atoms with Gasteiger partial charge in [-0.2, -0.15) is 0 Å². The van der Waals surface area contributed by atoms with Gasteiger partial charge in [0.25, 0.3) is 11.6 Å². The van der Waals surface area contributed by atoms with Crippen LogP contribution in [0.15, 0.2) is 48.5 Å². The summed E-state index contributed by atoms with van der Waals surface area (Å²) in [6.45, 7) is -0.0413. The highest BCUT2D eigenvalue weighted by Crippen LogP contribution is 2.28. The van der Waals surface area contributed by atoms with Gasteiger partial charge in [-0.15, -0.1) is 0 Å². The summed E-state index contributed by atoms with van der Waals surface area (Å²) in [7, 11) is 0. The first kappa shape index (κ1) is 15.4. The predicted molar refractivity (Wildman–Crippen MR) is 87.0 cm³/mol. The Morgan fingerprint density at radius 2 is 1.96 bits per heavy atom. The lowest BCUT2D eigenvalue weighted by Crippen LogP contribution is -2.25. The number of nitrogens with one attached hydrogen (secondary N) is 1. The quantitative estimate of drug-likeness (QED) is 0.403. The number of ether oxygens (including phenoxy) is 1. The van der Waals surface area contributed by atoms with Gasteiger partial charge >= 0.3 is 0 Å². The van der Waals surface area contributed by atoms with E-state index < -0.39 is 4.92 Å². The van der Waals surface area contributed by atoms with Crippen molar-refractivity contribution in [3.8, 4) is 5.75 Å². The molecule has 3 rings (SSSR count). The lowest BCUT2D eigenvalue weighted by molar-refractivity contribution is -0.384. The largest absolute Gasteiger partial charge is 0.482 e. The Bertz CT molecular complexity index is 856. The number of benzene rings is 2. The number of carbonyl (C=O) groups is 2. The molecule has 1 aliphatic rings. The molecular formula is C17H12N2O5. The van der Waals surface area contributed by atoms with Gasteiger partial charge < -0.3 is 10.1 Å². The van der Waals surface area contributed by atoms with Crippen LogP contribution >= 0.6 is 0 Å². The van der Waals surface area contributed by atoms with E-state index in [0.717, 1.165) is 0 Å². The zero-order valence-electron chi connectivity index (χ0n) is 12.4. The molecule has 1 heterocycles. The molecule has 2 aromatic carbocycles. The third kappa shape index (κ3) is 3.30. The molecule has 0 aromatic heterocycles. The normalized spacial score (nSPS) is 13.1. The molecule has 0 fully saturated rings. The number of ketones is 1. The number of hydrogen-bond acceptors (Lipinski definition) is 5. The summed E-state index contributed by atoms with van der Waals surface area (Å²) in [4.78, 5) is 33.6. The summed E-state index contributed by atoms with van der Waals surface area (Å²) >= 11 is 0. The average molecular weight is 324 g/mol. The Labute approximate surface area is 136 Å². The smallest absolute Gasteiger partial charge is 0.269 e. The van der Waals surface area contributed by atoms with E-state index in [9.17, 15) is 19.7 Å². The number of non-ortho nitro benzene ring substituents is 1. The van der Waals surface area contributed by atoms with E-state index in [1.807, 2.05) is 0 Å². The van der Waals surface area contributed by atoms with E-state index in [1.165, 1.54) is 18.2 Å². The zero-order chi connectivity index (χ0) is 17.1. The van der Waals surface area contributed by atoms with Gasteiger partial charge in [0.1, 0.15) is 5.75 Å². The first-order valence-electron chi connectivity index (χ1n) is 7.06. The molecule has 0 saturated heterocycles. The Balaban J connectivity index is 1.76. The molecule has 1 amide bonds.